The summed E-state index contributed by atoms with van der Waals surface area (Å²) in [5.41, 5.74) is 4.57. The molecule has 33 heavy (non-hydrogen) atoms. The fourth-order valence-electron chi connectivity index (χ4n) is 5.03. The molecule has 2 aromatic rings. The van der Waals surface area contributed by atoms with Crippen molar-refractivity contribution in [2.75, 3.05) is 29.6 Å². The molecule has 0 unspecified atom stereocenters. The van der Waals surface area contributed by atoms with Gasteiger partial charge in [-0.15, -0.1) is 0 Å². The van der Waals surface area contributed by atoms with Gasteiger partial charge in [0, 0.05) is 37.4 Å². The summed E-state index contributed by atoms with van der Waals surface area (Å²) in [6.07, 6.45) is 8.42. The molecule has 0 saturated heterocycles. The molecular formula is C26H38N6O. The molecule has 2 aliphatic rings. The summed E-state index contributed by atoms with van der Waals surface area (Å²) in [4.78, 5) is 24.4. The van der Waals surface area contributed by atoms with Crippen LogP contribution in [0.5, 0.6) is 0 Å². The summed E-state index contributed by atoms with van der Waals surface area (Å²) in [5.74, 6) is 2.16. The van der Waals surface area contributed by atoms with Crippen molar-refractivity contribution >= 4 is 23.5 Å². The molecule has 178 valence electrons. The van der Waals surface area contributed by atoms with Crippen molar-refractivity contribution in [2.45, 2.75) is 83.2 Å². The van der Waals surface area contributed by atoms with Crippen LogP contribution < -0.4 is 20.9 Å². The second kappa shape index (κ2) is 10.4. The molecule has 7 nitrogen and oxygen atoms in total. The number of para-hydroxylation sites is 1. The molecule has 3 N–H and O–H groups in total. The number of nitrogens with zero attached hydrogens (tertiary/aromatic N) is 3. The van der Waals surface area contributed by atoms with E-state index in [0.717, 1.165) is 61.5 Å². The van der Waals surface area contributed by atoms with Gasteiger partial charge in [-0.2, -0.15) is 4.98 Å². The van der Waals surface area contributed by atoms with E-state index in [-0.39, 0.29) is 12.1 Å². The van der Waals surface area contributed by atoms with E-state index < -0.39 is 0 Å². The van der Waals surface area contributed by atoms with Crippen LogP contribution in [0.15, 0.2) is 24.3 Å². The predicted octanol–water partition coefficient (Wildman–Crippen LogP) is 5.09. The molecule has 0 bridgehead atoms. The Morgan fingerprint density at radius 3 is 2.42 bits per heavy atom. The number of nitrogens with one attached hydrogen (secondary N) is 3. The highest BCUT2D eigenvalue weighted by Gasteiger charge is 2.25. The van der Waals surface area contributed by atoms with Crippen LogP contribution in [-0.4, -0.2) is 42.2 Å². The topological polar surface area (TPSA) is 82.2 Å². The highest BCUT2D eigenvalue weighted by Crippen LogP contribution is 2.29. The first-order chi connectivity index (χ1) is 15.9. The average molecular weight is 451 g/mol. The van der Waals surface area contributed by atoms with E-state index in [1.54, 1.807) is 0 Å². The molecule has 0 radical (unpaired) electrons. The van der Waals surface area contributed by atoms with Crippen LogP contribution in [0.25, 0.3) is 0 Å². The second-order valence-corrected chi connectivity index (χ2v) is 9.93. The number of benzene rings is 1. The molecule has 0 aliphatic heterocycles. The number of aryl methyl sites for hydroxylation is 1. The Morgan fingerprint density at radius 2 is 1.70 bits per heavy atom. The number of rotatable bonds is 6. The largest absolute Gasteiger partial charge is 0.362 e. The van der Waals surface area contributed by atoms with Crippen molar-refractivity contribution in [2.24, 2.45) is 0 Å². The lowest BCUT2D eigenvalue weighted by Crippen LogP contribution is -2.42. The molecule has 0 atom stereocenters. The number of carbonyl (C=O) groups excluding carboxylic acids is 1. The quantitative estimate of drug-likeness (QED) is 0.571. The minimum atomic E-state index is -0.117. The molecule has 4 rings (SSSR count). The maximum Gasteiger partial charge on any atom is 0.319 e. The van der Waals surface area contributed by atoms with Gasteiger partial charge < -0.3 is 20.9 Å². The zero-order valence-corrected chi connectivity index (χ0v) is 20.4. The molecule has 1 heterocycles. The van der Waals surface area contributed by atoms with Gasteiger partial charge in [-0.3, -0.25) is 0 Å². The maximum absolute atomic E-state index is 12.6. The first-order valence-electron chi connectivity index (χ1n) is 12.4. The smallest absolute Gasteiger partial charge is 0.319 e. The van der Waals surface area contributed by atoms with Gasteiger partial charge in [-0.05, 0) is 68.9 Å². The zero-order valence-electron chi connectivity index (χ0n) is 20.4. The van der Waals surface area contributed by atoms with Gasteiger partial charge in [-0.1, -0.05) is 32.0 Å². The third kappa shape index (κ3) is 5.75. The Bertz CT molecular complexity index is 965. The van der Waals surface area contributed by atoms with Crippen LogP contribution in [0.1, 0.15) is 75.1 Å². The fraction of sp³-hybridized carbons (Fsp3) is 0.577. The van der Waals surface area contributed by atoms with Gasteiger partial charge in [0.25, 0.3) is 0 Å². The lowest BCUT2D eigenvalue weighted by atomic mass is 9.91. The molecule has 0 spiro atoms. The van der Waals surface area contributed by atoms with Crippen LogP contribution in [0.2, 0.25) is 0 Å². The summed E-state index contributed by atoms with van der Waals surface area (Å²) in [6, 6.07) is 8.43. The SMILES string of the molecule is CC(C)c1ccccc1NC(=O)N[C@H]1CC[C@@H](Nc2nc3c(c(N(C)C)n2)CCCC3)CC1. The summed E-state index contributed by atoms with van der Waals surface area (Å²) < 4.78 is 0. The van der Waals surface area contributed by atoms with E-state index in [1.165, 1.54) is 24.1 Å². The Hall–Kier alpha value is -2.83. The number of amides is 2. The lowest BCUT2D eigenvalue weighted by molar-refractivity contribution is 0.243. The van der Waals surface area contributed by atoms with Crippen molar-refractivity contribution < 1.29 is 4.79 Å². The number of hydrogen-bond acceptors (Lipinski definition) is 5. The summed E-state index contributed by atoms with van der Waals surface area (Å²) in [6.45, 7) is 4.28. The van der Waals surface area contributed by atoms with E-state index in [2.05, 4.69) is 54.9 Å². The number of fused-ring (bicyclic) bond motifs is 1. The summed E-state index contributed by atoms with van der Waals surface area (Å²) >= 11 is 0. The van der Waals surface area contributed by atoms with Gasteiger partial charge >= 0.3 is 6.03 Å². The minimum absolute atomic E-state index is 0.117. The maximum atomic E-state index is 12.6. The second-order valence-electron chi connectivity index (χ2n) is 9.93. The molecule has 2 amide bonds. The van der Waals surface area contributed by atoms with Gasteiger partial charge in [0.15, 0.2) is 0 Å². The number of anilines is 3. The fourth-order valence-corrected chi connectivity index (χ4v) is 5.03. The van der Waals surface area contributed by atoms with Crippen molar-refractivity contribution in [3.63, 3.8) is 0 Å². The van der Waals surface area contributed by atoms with Crippen LogP contribution in [0.4, 0.5) is 22.2 Å². The van der Waals surface area contributed by atoms with Crippen LogP contribution in [0.3, 0.4) is 0 Å². The number of urea groups is 1. The van der Waals surface area contributed by atoms with Crippen LogP contribution in [0, 0.1) is 0 Å². The molecular weight excluding hydrogens is 412 g/mol. The Kier molecular flexibility index (Phi) is 7.36. The molecule has 2 aliphatic carbocycles. The van der Waals surface area contributed by atoms with Crippen LogP contribution in [-0.2, 0) is 12.8 Å². The summed E-state index contributed by atoms with van der Waals surface area (Å²) in [7, 11) is 4.12. The van der Waals surface area contributed by atoms with Crippen molar-refractivity contribution in [1.82, 2.24) is 15.3 Å². The third-order valence-corrected chi connectivity index (χ3v) is 6.81. The summed E-state index contributed by atoms with van der Waals surface area (Å²) in [5, 5.41) is 9.80. The van der Waals surface area contributed by atoms with E-state index in [9.17, 15) is 4.79 Å². The van der Waals surface area contributed by atoms with Gasteiger partial charge in [0.1, 0.15) is 5.82 Å². The first kappa shape index (κ1) is 23.3. The molecule has 1 saturated carbocycles. The van der Waals surface area contributed by atoms with Crippen molar-refractivity contribution in [3.05, 3.63) is 41.1 Å². The number of hydrogen-bond donors (Lipinski definition) is 3. The van der Waals surface area contributed by atoms with E-state index >= 15 is 0 Å². The molecule has 7 heteroatoms. The van der Waals surface area contributed by atoms with Gasteiger partial charge in [0.05, 0.1) is 5.69 Å². The van der Waals surface area contributed by atoms with Crippen molar-refractivity contribution in [3.8, 4) is 0 Å². The van der Waals surface area contributed by atoms with Gasteiger partial charge in [0.2, 0.25) is 5.95 Å². The predicted molar refractivity (Wildman–Crippen MR) is 135 cm³/mol. The zero-order chi connectivity index (χ0) is 23.4. The average Bonchev–Trinajstić information content (AvgIpc) is 2.80. The van der Waals surface area contributed by atoms with Crippen LogP contribution >= 0.6 is 0 Å². The highest BCUT2D eigenvalue weighted by atomic mass is 16.2. The number of aromatic nitrogens is 2. The molecule has 1 fully saturated rings. The standard InChI is InChI=1S/C26H38N6O/c1-17(2)20-9-5-7-11-22(20)30-26(33)28-19-15-13-18(14-16-19)27-25-29-23-12-8-6-10-21(23)24(31-25)32(3)4/h5,7,9,11,17-19H,6,8,10,12-16H2,1-4H3,(H,27,29,31)(H2,28,30,33)/t18-,19+. The van der Waals surface area contributed by atoms with E-state index in [4.69, 9.17) is 9.97 Å². The van der Waals surface area contributed by atoms with E-state index in [0.29, 0.717) is 12.0 Å². The van der Waals surface area contributed by atoms with Crippen molar-refractivity contribution in [1.29, 1.82) is 0 Å². The molecule has 1 aromatic heterocycles. The Labute approximate surface area is 197 Å². The van der Waals surface area contributed by atoms with Gasteiger partial charge in [-0.25, -0.2) is 9.78 Å². The number of carbonyl (C=O) groups is 1. The third-order valence-electron chi connectivity index (χ3n) is 6.81. The minimum Gasteiger partial charge on any atom is -0.362 e. The first-order valence-corrected chi connectivity index (χ1v) is 12.4. The Morgan fingerprint density at radius 1 is 1.00 bits per heavy atom. The highest BCUT2D eigenvalue weighted by molar-refractivity contribution is 5.90. The normalized spacial score (nSPS) is 20.2. The lowest BCUT2D eigenvalue weighted by Gasteiger charge is -2.30. The van der Waals surface area contributed by atoms with E-state index in [1.807, 2.05) is 18.2 Å². The monoisotopic (exact) mass is 450 g/mol. The Balaban J connectivity index is 1.31. The molecule has 1 aromatic carbocycles.